The highest BCUT2D eigenvalue weighted by Gasteiger charge is 2.45. The number of aromatic nitrogens is 1. The van der Waals surface area contributed by atoms with Gasteiger partial charge in [0.25, 0.3) is 0 Å². The van der Waals surface area contributed by atoms with E-state index in [1.807, 2.05) is 30.5 Å². The van der Waals surface area contributed by atoms with Crippen LogP contribution in [0.2, 0.25) is 0 Å². The highest BCUT2D eigenvalue weighted by atomic mass is 32.2. The molecule has 17 N–H and O–H groups in total. The number of para-hydroxylation sites is 1. The third kappa shape index (κ3) is 20.3. The first-order valence-electron chi connectivity index (χ1n) is 31.1. The Morgan fingerprint density at radius 1 is 0.543 bits per heavy atom. The Labute approximate surface area is 537 Å². The fourth-order valence-corrected chi connectivity index (χ4v) is 12.0. The van der Waals surface area contributed by atoms with Crippen LogP contribution in [0.4, 0.5) is 0 Å². The number of carboxylic acids is 1. The monoisotopic (exact) mass is 1320 g/mol. The van der Waals surface area contributed by atoms with Gasteiger partial charge in [-0.2, -0.15) is 11.8 Å². The van der Waals surface area contributed by atoms with Gasteiger partial charge in [-0.25, -0.2) is 4.79 Å². The number of H-pyrrole nitrogens is 1. The van der Waals surface area contributed by atoms with Gasteiger partial charge in [-0.05, 0) is 107 Å². The van der Waals surface area contributed by atoms with E-state index in [2.05, 4.69) is 47.5 Å². The number of thioether (sulfide) groups is 1. The molecule has 11 amide bonds. The molecule has 0 bridgehead atoms. The number of fused-ring (bicyclic) bond motifs is 1. The van der Waals surface area contributed by atoms with Crippen LogP contribution >= 0.6 is 11.8 Å². The standard InChI is InChI=1S/C60H93N13O18S/c1-30(2)23-38(63-51(81)41(27-74)67-52(82)42(28-75)68-55(85)45-16-11-20-72(45)59(89)48(33(6)78)70-49(79)36(61)18-22-92-7)50(80)66-43(29-76)53(83)69-47(32(5)77)56(86)65-39(24-31(3)4)57(87)71-19-10-15-44(71)54(84)64-40(58(88)73-21-12-17-46(73)60(90)91)25-34-26-62-37-14-9-8-13-35(34)37/h8-9,13-14,26,30-33,36,38-48,62,74-78H,10-12,15-25,27-29,61H2,1-7H3,(H,63,81)(H,64,84)(H,65,86)(H,66,80)(H,67,82)(H,68,85)(H,69,83)(H,70,79)(H,90,91)/t32-,33-,36+,38+,39+,40+,41+,42+,43+,44+,45+,46+,47+,48+/m1/s1. The van der Waals surface area contributed by atoms with Crippen LogP contribution in [0.15, 0.2) is 30.5 Å². The molecule has 1 aromatic heterocycles. The van der Waals surface area contributed by atoms with Gasteiger partial charge in [-0.15, -0.1) is 0 Å². The summed E-state index contributed by atoms with van der Waals surface area (Å²) in [5.41, 5.74) is 7.42. The zero-order valence-electron chi connectivity index (χ0n) is 53.1. The molecule has 3 saturated heterocycles. The zero-order valence-corrected chi connectivity index (χ0v) is 53.9. The van der Waals surface area contributed by atoms with E-state index in [0.717, 1.165) is 22.7 Å². The Kier molecular flexibility index (Phi) is 29.0. The Bertz CT molecular complexity index is 2930. The van der Waals surface area contributed by atoms with Crippen LogP contribution in [0.5, 0.6) is 0 Å². The van der Waals surface area contributed by atoms with Crippen molar-refractivity contribution in [3.8, 4) is 0 Å². The van der Waals surface area contributed by atoms with Crippen LogP contribution < -0.4 is 48.3 Å². The van der Waals surface area contributed by atoms with Crippen molar-refractivity contribution in [3.63, 3.8) is 0 Å². The first kappa shape index (κ1) is 75.2. The number of carbonyl (C=O) groups is 12. The molecular formula is C60H93N13O18S. The second kappa shape index (κ2) is 35.5. The molecule has 5 rings (SSSR count). The number of aliphatic carboxylic acids is 1. The van der Waals surface area contributed by atoms with Gasteiger partial charge in [0.2, 0.25) is 65.0 Å². The van der Waals surface area contributed by atoms with E-state index >= 15 is 0 Å². The molecule has 32 heteroatoms. The zero-order chi connectivity index (χ0) is 68.3. The molecule has 0 unspecified atom stereocenters. The van der Waals surface area contributed by atoms with E-state index < -0.39 is 175 Å². The summed E-state index contributed by atoms with van der Waals surface area (Å²) < 4.78 is 0. The van der Waals surface area contributed by atoms with Crippen molar-refractivity contribution in [3.05, 3.63) is 36.0 Å². The summed E-state index contributed by atoms with van der Waals surface area (Å²) in [6, 6.07) is -9.93. The normalized spacial score (nSPS) is 20.1. The average molecular weight is 1320 g/mol. The maximum absolute atomic E-state index is 14.6. The number of hydrogen-bond acceptors (Lipinski definition) is 19. The Morgan fingerprint density at radius 2 is 0.967 bits per heavy atom. The van der Waals surface area contributed by atoms with Crippen LogP contribution in [-0.2, 0) is 64.0 Å². The lowest BCUT2D eigenvalue weighted by Gasteiger charge is -2.32. The Hall–Kier alpha value is -7.49. The number of nitrogens with zero attached hydrogens (tertiary/aromatic N) is 3. The summed E-state index contributed by atoms with van der Waals surface area (Å²) in [6.07, 6.45) is 2.23. The van der Waals surface area contributed by atoms with Crippen molar-refractivity contribution in [2.45, 2.75) is 190 Å². The van der Waals surface area contributed by atoms with E-state index in [9.17, 15) is 88.2 Å². The molecule has 3 aliphatic rings. The van der Waals surface area contributed by atoms with E-state index in [0.29, 0.717) is 30.6 Å². The molecular weight excluding hydrogens is 1220 g/mol. The number of aliphatic hydroxyl groups is 5. The number of nitrogens with one attached hydrogen (secondary N) is 9. The number of aliphatic hydroxyl groups excluding tert-OH is 5. The minimum Gasteiger partial charge on any atom is -0.480 e. The molecule has 512 valence electrons. The number of nitrogens with two attached hydrogens (primary N) is 1. The Balaban J connectivity index is 1.22. The Morgan fingerprint density at radius 3 is 1.48 bits per heavy atom. The van der Waals surface area contributed by atoms with Gasteiger partial charge in [0.05, 0.1) is 38.1 Å². The van der Waals surface area contributed by atoms with Crippen molar-refractivity contribution >= 4 is 93.6 Å². The van der Waals surface area contributed by atoms with Crippen LogP contribution in [0.1, 0.15) is 105 Å². The highest BCUT2D eigenvalue weighted by molar-refractivity contribution is 7.98. The third-order valence-corrected chi connectivity index (χ3v) is 17.0. The molecule has 0 aliphatic carbocycles. The first-order chi connectivity index (χ1) is 43.6. The summed E-state index contributed by atoms with van der Waals surface area (Å²) in [7, 11) is 0. The van der Waals surface area contributed by atoms with Crippen molar-refractivity contribution in [2.24, 2.45) is 17.6 Å². The quantitative estimate of drug-likeness (QED) is 0.0314. The summed E-state index contributed by atoms with van der Waals surface area (Å²) in [5.74, 6) is -11.2. The molecule has 4 heterocycles. The van der Waals surface area contributed by atoms with Crippen LogP contribution in [0, 0.1) is 11.8 Å². The van der Waals surface area contributed by atoms with E-state index in [1.54, 1.807) is 33.9 Å². The van der Waals surface area contributed by atoms with E-state index in [1.165, 1.54) is 28.5 Å². The number of hydrogen-bond donors (Lipinski definition) is 16. The number of likely N-dealkylation sites (tertiary alicyclic amines) is 3. The molecule has 0 spiro atoms. The lowest BCUT2D eigenvalue weighted by molar-refractivity contribution is -0.149. The molecule has 0 radical (unpaired) electrons. The van der Waals surface area contributed by atoms with Crippen LogP contribution in [-0.4, -0.2) is 257 Å². The molecule has 2 aromatic rings. The van der Waals surface area contributed by atoms with Gasteiger partial charge in [0.1, 0.15) is 66.5 Å². The van der Waals surface area contributed by atoms with Gasteiger partial charge in [0, 0.05) is 43.2 Å². The average Bonchev–Trinajstić information content (AvgIpc) is 1.63. The topological polar surface area (TPSA) is 474 Å². The largest absolute Gasteiger partial charge is 0.480 e. The number of carbonyl (C=O) groups excluding carboxylic acids is 11. The fourth-order valence-electron chi connectivity index (χ4n) is 11.5. The van der Waals surface area contributed by atoms with Gasteiger partial charge in [0.15, 0.2) is 0 Å². The summed E-state index contributed by atoms with van der Waals surface area (Å²) in [4.78, 5) is 171. The van der Waals surface area contributed by atoms with Gasteiger partial charge >= 0.3 is 5.97 Å². The smallest absolute Gasteiger partial charge is 0.326 e. The van der Waals surface area contributed by atoms with Gasteiger partial charge < -0.3 is 98.6 Å². The molecule has 0 saturated carbocycles. The van der Waals surface area contributed by atoms with Crippen molar-refractivity contribution in [2.75, 3.05) is 51.5 Å². The van der Waals surface area contributed by atoms with Gasteiger partial charge in [-0.3, -0.25) is 52.7 Å². The fraction of sp³-hybridized carbons (Fsp3) is 0.667. The third-order valence-electron chi connectivity index (χ3n) is 16.4. The molecule has 14 atom stereocenters. The van der Waals surface area contributed by atoms with Crippen molar-refractivity contribution in [1.82, 2.24) is 62.2 Å². The second-order valence-corrected chi connectivity index (χ2v) is 25.5. The highest BCUT2D eigenvalue weighted by Crippen LogP contribution is 2.26. The maximum atomic E-state index is 14.6. The van der Waals surface area contributed by atoms with E-state index in [4.69, 9.17) is 5.73 Å². The molecule has 3 aliphatic heterocycles. The van der Waals surface area contributed by atoms with Crippen LogP contribution in [0.25, 0.3) is 10.9 Å². The second-order valence-electron chi connectivity index (χ2n) is 24.5. The van der Waals surface area contributed by atoms with Gasteiger partial charge in [-0.1, -0.05) is 45.9 Å². The summed E-state index contributed by atoms with van der Waals surface area (Å²) in [6.45, 7) is 6.37. The minimum absolute atomic E-state index is 0.00931. The molecule has 3 fully saturated rings. The van der Waals surface area contributed by atoms with E-state index in [-0.39, 0.29) is 76.4 Å². The predicted octanol–water partition coefficient (Wildman–Crippen LogP) is -4.44. The number of carboxylic acid groups (broad SMARTS) is 1. The molecule has 31 nitrogen and oxygen atoms in total. The SMILES string of the molecule is CSCC[C@H](N)C(=O)N[C@H](C(=O)N1CCC[C@H]1C(=O)N[C@@H](CO)C(=O)N[C@@H](CO)C(=O)N[C@@H](CC(C)C)C(=O)N[C@@H](CO)C(=O)N[C@H](C(=O)N[C@@H](CC(C)C)C(=O)N1CCC[C@H]1C(=O)N[C@@H](Cc1c[nH]c2ccccc12)C(=O)N1CCC[C@H]1C(=O)O)[C@@H](C)O)[C@@H](C)O. The minimum atomic E-state index is -1.84. The lowest BCUT2D eigenvalue weighted by Crippen LogP contribution is -2.63. The number of aromatic amines is 1. The number of amides is 11. The summed E-state index contributed by atoms with van der Waals surface area (Å²) in [5, 5.41) is 82.5. The van der Waals surface area contributed by atoms with Crippen molar-refractivity contribution < 1.29 is 88.2 Å². The van der Waals surface area contributed by atoms with Crippen LogP contribution in [0.3, 0.4) is 0 Å². The number of benzene rings is 1. The summed E-state index contributed by atoms with van der Waals surface area (Å²) >= 11 is 1.46. The van der Waals surface area contributed by atoms with Crippen molar-refractivity contribution in [1.29, 1.82) is 0 Å². The predicted molar refractivity (Wildman–Crippen MR) is 334 cm³/mol. The molecule has 1 aromatic carbocycles. The first-order valence-corrected chi connectivity index (χ1v) is 32.5. The molecule has 92 heavy (non-hydrogen) atoms. The lowest BCUT2D eigenvalue weighted by atomic mass is 10.0. The maximum Gasteiger partial charge on any atom is 0.326 e. The number of rotatable bonds is 34.